The molecule has 1 amide bonds. The van der Waals surface area contributed by atoms with Crippen LogP contribution < -0.4 is 11.0 Å². The average Bonchev–Trinajstić information content (AvgIpc) is 3.04. The number of carbonyl (C=O) groups excluding carboxylic acids is 1. The van der Waals surface area contributed by atoms with Gasteiger partial charge in [-0.2, -0.15) is 0 Å². The number of carboxylic acids is 1. The molecule has 35 heavy (non-hydrogen) atoms. The lowest BCUT2D eigenvalue weighted by Gasteiger charge is -2.16. The molecule has 0 unspecified atom stereocenters. The highest BCUT2D eigenvalue weighted by Gasteiger charge is 2.24. The number of rotatable bonds is 6. The molecule has 7 nitrogen and oxygen atoms in total. The molecule has 3 aromatic carbocycles. The van der Waals surface area contributed by atoms with Crippen LogP contribution in [0.3, 0.4) is 0 Å². The van der Waals surface area contributed by atoms with Crippen LogP contribution in [0, 0.1) is 17.5 Å². The molecule has 1 atom stereocenters. The number of amides is 1. The van der Waals surface area contributed by atoms with E-state index in [4.69, 9.17) is 11.6 Å². The third-order valence-corrected chi connectivity index (χ3v) is 5.81. The smallest absolute Gasteiger partial charge is 0.333 e. The summed E-state index contributed by atoms with van der Waals surface area (Å²) < 4.78 is 44.3. The number of carboxylic acid groups (broad SMARTS) is 1. The maximum absolute atomic E-state index is 14.5. The van der Waals surface area contributed by atoms with Gasteiger partial charge in [0.2, 0.25) is 0 Å². The van der Waals surface area contributed by atoms with Gasteiger partial charge in [-0.3, -0.25) is 13.9 Å². The molecule has 11 heteroatoms. The normalized spacial score (nSPS) is 12.0. The van der Waals surface area contributed by atoms with Crippen molar-refractivity contribution < 1.29 is 27.9 Å². The van der Waals surface area contributed by atoms with E-state index in [0.717, 1.165) is 21.3 Å². The van der Waals surface area contributed by atoms with Crippen LogP contribution in [0.25, 0.3) is 16.7 Å². The summed E-state index contributed by atoms with van der Waals surface area (Å²) in [5.74, 6) is -4.97. The van der Waals surface area contributed by atoms with Crippen molar-refractivity contribution in [3.05, 3.63) is 98.7 Å². The highest BCUT2D eigenvalue weighted by Crippen LogP contribution is 2.23. The molecule has 2 N–H and O–H groups in total. The zero-order chi connectivity index (χ0) is 25.4. The number of aliphatic carboxylic acids is 1. The number of aromatic nitrogens is 2. The first-order valence-corrected chi connectivity index (χ1v) is 10.6. The molecule has 1 aromatic heterocycles. The summed E-state index contributed by atoms with van der Waals surface area (Å²) in [7, 11) is 1.39. The van der Waals surface area contributed by atoms with E-state index in [1.807, 2.05) is 0 Å². The van der Waals surface area contributed by atoms with E-state index in [1.54, 1.807) is 0 Å². The molecular formula is C24H17ClF3N3O4. The van der Waals surface area contributed by atoms with Crippen LogP contribution in [0.15, 0.2) is 59.4 Å². The maximum Gasteiger partial charge on any atom is 0.333 e. The zero-order valence-corrected chi connectivity index (χ0v) is 18.8. The summed E-state index contributed by atoms with van der Waals surface area (Å²) >= 11 is 5.87. The number of hydrogen-bond acceptors (Lipinski definition) is 3. The third kappa shape index (κ3) is 4.52. The van der Waals surface area contributed by atoms with Gasteiger partial charge in [-0.25, -0.2) is 22.8 Å². The molecule has 180 valence electrons. The number of hydrogen-bond donors (Lipinski definition) is 2. The lowest BCUT2D eigenvalue weighted by atomic mass is 10.0. The molecule has 1 heterocycles. The Hall–Kier alpha value is -4.05. The fraction of sp³-hybridized carbons (Fsp3) is 0.125. The number of halogens is 4. The first-order chi connectivity index (χ1) is 16.6. The Bertz CT molecular complexity index is 1510. The monoisotopic (exact) mass is 503 g/mol. The van der Waals surface area contributed by atoms with Crippen LogP contribution in [0.1, 0.15) is 15.9 Å². The highest BCUT2D eigenvalue weighted by atomic mass is 35.5. The molecule has 0 fully saturated rings. The minimum absolute atomic E-state index is 0.0667. The second kappa shape index (κ2) is 9.30. The average molecular weight is 504 g/mol. The minimum atomic E-state index is -1.41. The second-order valence-electron chi connectivity index (χ2n) is 7.76. The Balaban J connectivity index is 1.62. The molecular weight excluding hydrogens is 487 g/mol. The van der Waals surface area contributed by atoms with Gasteiger partial charge in [0.1, 0.15) is 23.2 Å². The highest BCUT2D eigenvalue weighted by molar-refractivity contribution is 6.33. The van der Waals surface area contributed by atoms with Crippen molar-refractivity contribution >= 4 is 34.5 Å². The Morgan fingerprint density at radius 2 is 1.74 bits per heavy atom. The fourth-order valence-electron chi connectivity index (χ4n) is 3.78. The van der Waals surface area contributed by atoms with Gasteiger partial charge in [0.25, 0.3) is 5.91 Å². The molecule has 0 bridgehead atoms. The predicted octanol–water partition coefficient (Wildman–Crippen LogP) is 3.83. The fourth-order valence-corrected chi connectivity index (χ4v) is 4.03. The number of nitrogens with one attached hydrogen (secondary N) is 1. The van der Waals surface area contributed by atoms with E-state index >= 15 is 0 Å². The molecule has 4 aromatic rings. The van der Waals surface area contributed by atoms with Gasteiger partial charge in [0.15, 0.2) is 5.82 Å². The number of imidazole rings is 1. The van der Waals surface area contributed by atoms with Crippen LogP contribution >= 0.6 is 11.6 Å². The minimum Gasteiger partial charge on any atom is -0.480 e. The summed E-state index contributed by atoms with van der Waals surface area (Å²) in [5.41, 5.74) is -0.384. The van der Waals surface area contributed by atoms with Gasteiger partial charge < -0.3 is 10.4 Å². The van der Waals surface area contributed by atoms with Gasteiger partial charge >= 0.3 is 11.7 Å². The van der Waals surface area contributed by atoms with Gasteiger partial charge in [0.05, 0.1) is 21.8 Å². The SMILES string of the molecule is Cn1c(=O)n(-c2ccc(C[C@H](NC(=O)c3c(F)cccc3Cl)C(=O)O)cc2)c2c(F)cc(F)cc21. The number of carbonyl (C=O) groups is 2. The van der Waals surface area contributed by atoms with E-state index in [2.05, 4.69) is 5.32 Å². The standard InChI is InChI=1S/C24H17ClF3N3O4/c1-30-19-11-13(26)10-17(28)21(19)31(24(30)35)14-7-5-12(6-8-14)9-18(23(33)34)29-22(32)20-15(25)3-2-4-16(20)27/h2-8,10-11,18H,9H2,1H3,(H,29,32)(H,33,34)/t18-/m0/s1. The molecule has 0 radical (unpaired) electrons. The summed E-state index contributed by atoms with van der Waals surface area (Å²) in [5, 5.41) is 11.6. The van der Waals surface area contributed by atoms with E-state index in [9.17, 15) is 32.7 Å². The van der Waals surface area contributed by atoms with Crippen molar-refractivity contribution in [1.29, 1.82) is 0 Å². The van der Waals surface area contributed by atoms with E-state index < -0.39 is 46.6 Å². The lowest BCUT2D eigenvalue weighted by Crippen LogP contribution is -2.42. The Morgan fingerprint density at radius 1 is 1.06 bits per heavy atom. The summed E-state index contributed by atoms with van der Waals surface area (Å²) in [4.78, 5) is 36.9. The van der Waals surface area contributed by atoms with Crippen LogP contribution in [0.4, 0.5) is 13.2 Å². The molecule has 0 aliphatic heterocycles. The van der Waals surface area contributed by atoms with Gasteiger partial charge in [-0.05, 0) is 29.8 Å². The van der Waals surface area contributed by atoms with Crippen molar-refractivity contribution in [2.75, 3.05) is 0 Å². The van der Waals surface area contributed by atoms with Crippen molar-refractivity contribution in [3.63, 3.8) is 0 Å². The van der Waals surface area contributed by atoms with Crippen molar-refractivity contribution in [3.8, 4) is 5.69 Å². The Morgan fingerprint density at radius 3 is 2.37 bits per heavy atom. The summed E-state index contributed by atoms with van der Waals surface area (Å²) in [6.45, 7) is 0. The predicted molar refractivity (Wildman–Crippen MR) is 122 cm³/mol. The van der Waals surface area contributed by atoms with Gasteiger partial charge in [-0.15, -0.1) is 0 Å². The van der Waals surface area contributed by atoms with Gasteiger partial charge in [0, 0.05) is 25.6 Å². The van der Waals surface area contributed by atoms with Crippen molar-refractivity contribution in [2.45, 2.75) is 12.5 Å². The van der Waals surface area contributed by atoms with Crippen LogP contribution in [0.5, 0.6) is 0 Å². The first kappa shape index (κ1) is 24.1. The quantitative estimate of drug-likeness (QED) is 0.418. The van der Waals surface area contributed by atoms with E-state index in [-0.39, 0.29) is 28.2 Å². The van der Waals surface area contributed by atoms with E-state index in [0.29, 0.717) is 11.6 Å². The molecule has 0 saturated heterocycles. The maximum atomic E-state index is 14.5. The largest absolute Gasteiger partial charge is 0.480 e. The van der Waals surface area contributed by atoms with Crippen LogP contribution in [-0.4, -0.2) is 32.2 Å². The summed E-state index contributed by atoms with van der Waals surface area (Å²) in [6, 6.07) is 9.89. The Labute approximate surface area is 201 Å². The first-order valence-electron chi connectivity index (χ1n) is 10.2. The molecule has 0 aliphatic rings. The zero-order valence-electron chi connectivity index (χ0n) is 18.1. The van der Waals surface area contributed by atoms with Crippen LogP contribution in [-0.2, 0) is 18.3 Å². The summed E-state index contributed by atoms with van der Waals surface area (Å²) in [6.07, 6.45) is -0.169. The number of nitrogens with zero attached hydrogens (tertiary/aromatic N) is 2. The molecule has 0 saturated carbocycles. The van der Waals surface area contributed by atoms with Crippen LogP contribution in [0.2, 0.25) is 5.02 Å². The lowest BCUT2D eigenvalue weighted by molar-refractivity contribution is -0.139. The van der Waals surface area contributed by atoms with E-state index in [1.165, 1.54) is 43.4 Å². The second-order valence-corrected chi connectivity index (χ2v) is 8.17. The topological polar surface area (TPSA) is 93.3 Å². The Kier molecular flexibility index (Phi) is 6.40. The number of aryl methyl sites for hydroxylation is 1. The van der Waals surface area contributed by atoms with Crippen molar-refractivity contribution in [1.82, 2.24) is 14.5 Å². The van der Waals surface area contributed by atoms with Crippen molar-refractivity contribution in [2.24, 2.45) is 7.05 Å². The third-order valence-electron chi connectivity index (χ3n) is 5.50. The number of fused-ring (bicyclic) bond motifs is 1. The molecule has 4 rings (SSSR count). The number of benzene rings is 3. The molecule has 0 aliphatic carbocycles. The molecule has 0 spiro atoms. The van der Waals surface area contributed by atoms with Gasteiger partial charge in [-0.1, -0.05) is 29.8 Å².